The predicted octanol–water partition coefficient (Wildman–Crippen LogP) is 3.42. The van der Waals surface area contributed by atoms with Crippen LogP contribution in [0.15, 0.2) is 41.3 Å². The molecule has 130 valence electrons. The molecule has 0 aromatic heterocycles. The quantitative estimate of drug-likeness (QED) is 0.824. The van der Waals surface area contributed by atoms with Gasteiger partial charge in [-0.3, -0.25) is 4.79 Å². The number of hydrogen-bond donors (Lipinski definition) is 1. The van der Waals surface area contributed by atoms with Crippen molar-refractivity contribution in [2.24, 2.45) is 0 Å². The number of rotatable bonds is 6. The highest BCUT2D eigenvalue weighted by atomic mass is 35.5. The Morgan fingerprint density at radius 1 is 1.28 bits per heavy atom. The van der Waals surface area contributed by atoms with E-state index in [4.69, 9.17) is 21.4 Å². The highest BCUT2D eigenvalue weighted by molar-refractivity contribution is 7.91. The summed E-state index contributed by atoms with van der Waals surface area (Å²) < 4.78 is 29.4. The topological polar surface area (TPSA) is 104 Å². The fourth-order valence-corrected chi connectivity index (χ4v) is 3.28. The zero-order valence-corrected chi connectivity index (χ0v) is 14.8. The zero-order chi connectivity index (χ0) is 18.6. The van der Waals surface area contributed by atoms with Crippen LogP contribution in [0, 0.1) is 11.3 Å². The van der Waals surface area contributed by atoms with Crippen molar-refractivity contribution in [2.45, 2.75) is 18.2 Å². The van der Waals surface area contributed by atoms with Crippen LogP contribution in [0.3, 0.4) is 0 Å². The van der Waals surface area contributed by atoms with E-state index >= 15 is 0 Å². The first-order valence-electron chi connectivity index (χ1n) is 7.21. The first-order chi connectivity index (χ1) is 11.7. The van der Waals surface area contributed by atoms with Crippen molar-refractivity contribution in [1.82, 2.24) is 0 Å². The third-order valence-electron chi connectivity index (χ3n) is 3.32. The average Bonchev–Trinajstić information content (AvgIpc) is 2.53. The van der Waals surface area contributed by atoms with Crippen LogP contribution < -0.4 is 4.74 Å². The number of aliphatic carboxylic acids is 1. The first-order valence-corrected chi connectivity index (χ1v) is 9.24. The second-order valence-corrected chi connectivity index (χ2v) is 7.86. The van der Waals surface area contributed by atoms with Crippen LogP contribution in [0.2, 0.25) is 5.02 Å². The van der Waals surface area contributed by atoms with Crippen LogP contribution in [0.4, 0.5) is 0 Å². The molecule has 2 aromatic rings. The van der Waals surface area contributed by atoms with E-state index in [1.54, 1.807) is 0 Å². The average molecular weight is 380 g/mol. The molecular weight excluding hydrogens is 366 g/mol. The molecule has 8 heteroatoms. The minimum Gasteiger partial charge on any atom is -0.481 e. The standard InChI is InChI=1S/C17H14ClNO5S/c1-2-25(22,23)15-3-4-16(12(8-15)10-19)24-14-6-11(7-17(20)21)5-13(18)9-14/h3-6,8-9H,2,7H2,1H3,(H,20,21). The van der Waals surface area contributed by atoms with Gasteiger partial charge in [0.15, 0.2) is 9.84 Å². The maximum Gasteiger partial charge on any atom is 0.307 e. The third kappa shape index (κ3) is 4.72. The fourth-order valence-electron chi connectivity index (χ4n) is 2.13. The van der Waals surface area contributed by atoms with Gasteiger partial charge in [0, 0.05) is 5.02 Å². The second-order valence-electron chi connectivity index (χ2n) is 5.14. The Balaban J connectivity index is 2.39. The van der Waals surface area contributed by atoms with Gasteiger partial charge in [0.2, 0.25) is 0 Å². The summed E-state index contributed by atoms with van der Waals surface area (Å²) in [7, 11) is -3.44. The maximum absolute atomic E-state index is 11.9. The summed E-state index contributed by atoms with van der Waals surface area (Å²) in [6.45, 7) is 1.52. The third-order valence-corrected chi connectivity index (χ3v) is 5.28. The SMILES string of the molecule is CCS(=O)(=O)c1ccc(Oc2cc(Cl)cc(CC(=O)O)c2)c(C#N)c1. The van der Waals surface area contributed by atoms with Crippen molar-refractivity contribution < 1.29 is 23.1 Å². The van der Waals surface area contributed by atoms with Crippen molar-refractivity contribution in [3.8, 4) is 17.6 Å². The zero-order valence-electron chi connectivity index (χ0n) is 13.2. The van der Waals surface area contributed by atoms with E-state index in [1.807, 2.05) is 6.07 Å². The summed E-state index contributed by atoms with van der Waals surface area (Å²) in [6.07, 6.45) is -0.226. The number of carboxylic acid groups (broad SMARTS) is 1. The molecule has 2 aromatic carbocycles. The normalized spacial score (nSPS) is 10.9. The Bertz CT molecular complexity index is 963. The largest absolute Gasteiger partial charge is 0.481 e. The molecule has 0 aliphatic heterocycles. The van der Waals surface area contributed by atoms with Crippen LogP contribution in [0.1, 0.15) is 18.1 Å². The number of nitrogens with zero attached hydrogens (tertiary/aromatic N) is 1. The molecule has 0 saturated heterocycles. The minimum atomic E-state index is -3.44. The number of halogens is 1. The highest BCUT2D eigenvalue weighted by Gasteiger charge is 2.15. The van der Waals surface area contributed by atoms with Gasteiger partial charge < -0.3 is 9.84 Å². The molecule has 0 spiro atoms. The summed E-state index contributed by atoms with van der Waals surface area (Å²) in [5.41, 5.74) is 0.493. The van der Waals surface area contributed by atoms with Gasteiger partial charge in [0.1, 0.15) is 17.6 Å². The van der Waals surface area contributed by atoms with Crippen molar-refractivity contribution >= 4 is 27.4 Å². The van der Waals surface area contributed by atoms with Gasteiger partial charge in [-0.05, 0) is 42.0 Å². The molecule has 0 saturated carbocycles. The molecule has 25 heavy (non-hydrogen) atoms. The van der Waals surface area contributed by atoms with Crippen LogP contribution >= 0.6 is 11.6 Å². The molecule has 0 fully saturated rings. The molecule has 0 atom stereocenters. The number of hydrogen-bond acceptors (Lipinski definition) is 5. The Hall–Kier alpha value is -2.56. The van der Waals surface area contributed by atoms with Crippen molar-refractivity contribution in [3.05, 3.63) is 52.5 Å². The molecule has 1 N–H and O–H groups in total. The van der Waals surface area contributed by atoms with Gasteiger partial charge in [-0.15, -0.1) is 0 Å². The lowest BCUT2D eigenvalue weighted by Gasteiger charge is -2.11. The number of ether oxygens (including phenoxy) is 1. The molecule has 0 unspecified atom stereocenters. The molecule has 0 bridgehead atoms. The highest BCUT2D eigenvalue weighted by Crippen LogP contribution is 2.30. The van der Waals surface area contributed by atoms with E-state index in [0.717, 1.165) is 0 Å². The van der Waals surface area contributed by atoms with Gasteiger partial charge in [0.05, 0.1) is 22.6 Å². The lowest BCUT2D eigenvalue weighted by molar-refractivity contribution is -0.136. The Labute approximate surface area is 150 Å². The molecule has 2 rings (SSSR count). The molecule has 0 aliphatic carbocycles. The van der Waals surface area contributed by atoms with Gasteiger partial charge in [-0.1, -0.05) is 18.5 Å². The number of carboxylic acids is 1. The monoisotopic (exact) mass is 379 g/mol. The lowest BCUT2D eigenvalue weighted by atomic mass is 10.1. The molecule has 0 radical (unpaired) electrons. The van der Waals surface area contributed by atoms with E-state index < -0.39 is 15.8 Å². The van der Waals surface area contributed by atoms with E-state index in [1.165, 1.54) is 43.3 Å². The molecule has 0 heterocycles. The van der Waals surface area contributed by atoms with Crippen molar-refractivity contribution in [2.75, 3.05) is 5.75 Å². The van der Waals surface area contributed by atoms with Crippen LogP contribution in [-0.4, -0.2) is 25.2 Å². The lowest BCUT2D eigenvalue weighted by Crippen LogP contribution is -2.04. The Kier molecular flexibility index (Phi) is 5.67. The van der Waals surface area contributed by atoms with Crippen molar-refractivity contribution in [3.63, 3.8) is 0 Å². The fraction of sp³-hybridized carbons (Fsp3) is 0.176. The first kappa shape index (κ1) is 18.8. The van der Waals surface area contributed by atoms with E-state index in [0.29, 0.717) is 5.56 Å². The van der Waals surface area contributed by atoms with E-state index in [2.05, 4.69) is 0 Å². The molecule has 0 amide bonds. The van der Waals surface area contributed by atoms with Gasteiger partial charge in [-0.25, -0.2) is 8.42 Å². The van der Waals surface area contributed by atoms with Crippen LogP contribution in [-0.2, 0) is 21.1 Å². The smallest absolute Gasteiger partial charge is 0.307 e. The van der Waals surface area contributed by atoms with Crippen molar-refractivity contribution in [1.29, 1.82) is 5.26 Å². The van der Waals surface area contributed by atoms with Gasteiger partial charge in [-0.2, -0.15) is 5.26 Å². The maximum atomic E-state index is 11.9. The molecule has 6 nitrogen and oxygen atoms in total. The predicted molar refractivity (Wildman–Crippen MR) is 91.7 cm³/mol. The Morgan fingerprint density at radius 3 is 2.60 bits per heavy atom. The van der Waals surface area contributed by atoms with Gasteiger partial charge >= 0.3 is 5.97 Å². The minimum absolute atomic E-state index is 0.0385. The summed E-state index contributed by atoms with van der Waals surface area (Å²) >= 11 is 5.96. The molecule has 0 aliphatic rings. The van der Waals surface area contributed by atoms with Crippen LogP contribution in [0.25, 0.3) is 0 Å². The summed E-state index contributed by atoms with van der Waals surface area (Å²) in [4.78, 5) is 10.9. The van der Waals surface area contributed by atoms with Gasteiger partial charge in [0.25, 0.3) is 0 Å². The second kappa shape index (κ2) is 7.55. The van der Waals surface area contributed by atoms with Crippen LogP contribution in [0.5, 0.6) is 11.5 Å². The summed E-state index contributed by atoms with van der Waals surface area (Å²) in [5.74, 6) is -0.683. The van der Waals surface area contributed by atoms with E-state index in [9.17, 15) is 18.5 Å². The number of nitriles is 1. The summed E-state index contributed by atoms with van der Waals surface area (Å²) in [5, 5.41) is 18.4. The molecular formula is C17H14ClNO5S. The number of benzene rings is 2. The van der Waals surface area contributed by atoms with E-state index in [-0.39, 0.29) is 39.2 Å². The summed E-state index contributed by atoms with van der Waals surface area (Å²) in [6, 6.07) is 10.4. The number of carbonyl (C=O) groups is 1. The Morgan fingerprint density at radius 2 is 2.00 bits per heavy atom. The number of sulfone groups is 1.